The molecule has 0 radical (unpaired) electrons. The van der Waals surface area contributed by atoms with E-state index in [1.165, 1.54) is 74.7 Å². The summed E-state index contributed by atoms with van der Waals surface area (Å²) in [6.07, 6.45) is 12.9. The number of nitrogens with zero attached hydrogens (tertiary/aromatic N) is 1. The van der Waals surface area contributed by atoms with Crippen molar-refractivity contribution in [1.29, 1.82) is 0 Å². The Kier molecular flexibility index (Phi) is 12.6. The van der Waals surface area contributed by atoms with Crippen molar-refractivity contribution >= 4 is 20.2 Å². The van der Waals surface area contributed by atoms with Crippen LogP contribution in [0.3, 0.4) is 0 Å². The third-order valence-corrected chi connectivity index (χ3v) is 7.09. The summed E-state index contributed by atoms with van der Waals surface area (Å²) in [5.74, 6) is 0. The molecule has 4 rings (SSSR count). The Hall–Kier alpha value is 0.0895. The Morgan fingerprint density at radius 3 is 1.59 bits per heavy atom. The number of hydrogen-bond donors (Lipinski definition) is 4. The second kappa shape index (κ2) is 15.2. The molecule has 0 amide bonds. The molecular formula is C24H41Cl2MnN5. The van der Waals surface area contributed by atoms with E-state index >= 15 is 0 Å². The van der Waals surface area contributed by atoms with Gasteiger partial charge in [0.25, 0.3) is 0 Å². The molecule has 32 heavy (non-hydrogen) atoms. The van der Waals surface area contributed by atoms with E-state index in [1.807, 2.05) is 0 Å². The second-order valence-electron chi connectivity index (χ2n) is 9.43. The van der Waals surface area contributed by atoms with E-state index in [9.17, 15) is 0 Å². The normalized spacial score (nSPS) is 29.3. The van der Waals surface area contributed by atoms with E-state index in [4.69, 9.17) is 25.2 Å². The van der Waals surface area contributed by atoms with Gasteiger partial charge in [0.1, 0.15) is 0 Å². The summed E-state index contributed by atoms with van der Waals surface area (Å²) in [4.78, 5) is 5.04. The van der Waals surface area contributed by atoms with Gasteiger partial charge in [0.15, 0.2) is 0 Å². The molecule has 3 aliphatic rings. The Morgan fingerprint density at radius 1 is 0.781 bits per heavy atom. The molecule has 4 atom stereocenters. The van der Waals surface area contributed by atoms with Crippen molar-refractivity contribution in [2.24, 2.45) is 0 Å². The van der Waals surface area contributed by atoms with E-state index in [1.54, 1.807) is 0 Å². The van der Waals surface area contributed by atoms with Gasteiger partial charge in [-0.3, -0.25) is 4.98 Å². The number of aryl methyl sites for hydroxylation is 1. The fourth-order valence-electron chi connectivity index (χ4n) is 5.56. The van der Waals surface area contributed by atoms with Gasteiger partial charge in [-0.25, -0.2) is 0 Å². The van der Waals surface area contributed by atoms with Gasteiger partial charge in [-0.05, 0) is 49.8 Å². The zero-order valence-electron chi connectivity index (χ0n) is 19.4. The first kappa shape index (κ1) is 26.7. The first-order chi connectivity index (χ1) is 15.7. The molecule has 2 bridgehead atoms. The first-order valence-electron chi connectivity index (χ1n) is 12.5. The molecule has 1 aromatic heterocycles. The van der Waals surface area contributed by atoms with Crippen molar-refractivity contribution in [1.82, 2.24) is 26.3 Å². The van der Waals surface area contributed by atoms with Crippen LogP contribution in [0.2, 0.25) is 0 Å². The van der Waals surface area contributed by atoms with E-state index in [2.05, 4.69) is 40.3 Å². The number of nitrogens with one attached hydrogen (secondary N) is 4. The average Bonchev–Trinajstić information content (AvgIpc) is 2.81. The van der Waals surface area contributed by atoms with Gasteiger partial charge in [0, 0.05) is 50.3 Å². The quantitative estimate of drug-likeness (QED) is 0.432. The van der Waals surface area contributed by atoms with Crippen molar-refractivity contribution in [2.45, 2.75) is 108 Å². The Bertz CT molecular complexity index is 617. The number of halogens is 2. The number of aromatic nitrogens is 1. The van der Waals surface area contributed by atoms with Gasteiger partial charge in [0.05, 0.1) is 11.4 Å². The van der Waals surface area contributed by atoms with Crippen LogP contribution in [0.5, 0.6) is 0 Å². The van der Waals surface area contributed by atoms with Crippen LogP contribution in [0.15, 0.2) is 12.1 Å². The second-order valence-corrected chi connectivity index (χ2v) is 11.4. The van der Waals surface area contributed by atoms with Gasteiger partial charge >= 0.3 is 33.3 Å². The van der Waals surface area contributed by atoms with E-state index in [0.717, 1.165) is 32.6 Å². The summed E-state index contributed by atoms with van der Waals surface area (Å²) in [6.45, 7) is 6.18. The van der Waals surface area contributed by atoms with Gasteiger partial charge in [-0.15, -0.1) is 0 Å². The predicted octanol–water partition coefficient (Wildman–Crippen LogP) is 4.41. The van der Waals surface area contributed by atoms with E-state index in [-0.39, 0.29) is 13.1 Å². The minimum absolute atomic E-state index is 0.00694. The van der Waals surface area contributed by atoms with Gasteiger partial charge in [-0.2, -0.15) is 0 Å². The third kappa shape index (κ3) is 8.70. The van der Waals surface area contributed by atoms with Gasteiger partial charge in [-0.1, -0.05) is 39.0 Å². The Morgan fingerprint density at radius 2 is 1.19 bits per heavy atom. The minimum atomic E-state index is 0.00694. The summed E-state index contributed by atoms with van der Waals surface area (Å²) in [5, 5.41) is 15.4. The zero-order valence-corrected chi connectivity index (χ0v) is 22.1. The molecule has 2 aliphatic carbocycles. The molecule has 2 saturated carbocycles. The molecule has 3 unspecified atom stereocenters. The molecule has 183 valence electrons. The van der Waals surface area contributed by atoms with Crippen LogP contribution in [0.25, 0.3) is 0 Å². The topological polar surface area (TPSA) is 61.0 Å². The van der Waals surface area contributed by atoms with Crippen molar-refractivity contribution in [3.63, 3.8) is 0 Å². The molecule has 4 N–H and O–H groups in total. The van der Waals surface area contributed by atoms with Gasteiger partial charge < -0.3 is 21.3 Å². The zero-order chi connectivity index (χ0) is 22.6. The number of pyridine rings is 1. The molecular weight excluding hydrogens is 484 g/mol. The monoisotopic (exact) mass is 524 g/mol. The maximum absolute atomic E-state index is 5.04. The van der Waals surface area contributed by atoms with Crippen molar-refractivity contribution < 1.29 is 13.1 Å². The molecule has 5 nitrogen and oxygen atoms in total. The fraction of sp³-hybridized carbons (Fsp3) is 0.792. The van der Waals surface area contributed by atoms with Crippen LogP contribution in [-0.2, 0) is 32.6 Å². The van der Waals surface area contributed by atoms with Crippen LogP contribution < -0.4 is 21.3 Å². The third-order valence-electron chi connectivity index (χ3n) is 7.09. The summed E-state index contributed by atoms with van der Waals surface area (Å²) < 4.78 is 0. The predicted molar refractivity (Wildman–Crippen MR) is 132 cm³/mol. The molecule has 8 heteroatoms. The molecule has 2 heterocycles. The van der Waals surface area contributed by atoms with Crippen LogP contribution in [0, 0.1) is 0 Å². The molecule has 0 aromatic carbocycles. The summed E-state index contributed by atoms with van der Waals surface area (Å²) >= 11 is 0.00694. The SMILES string of the molecule is CCCc1cc2nc(c1)CN[C@@H]1CCCCC1NCCNC1CCCCC1NC2.[Cl][Mn][Cl]. The Labute approximate surface area is 209 Å². The van der Waals surface area contributed by atoms with Crippen molar-refractivity contribution in [3.8, 4) is 0 Å². The van der Waals surface area contributed by atoms with E-state index < -0.39 is 0 Å². The number of rotatable bonds is 2. The van der Waals surface area contributed by atoms with Gasteiger partial charge in [0.2, 0.25) is 0 Å². The number of fused-ring (bicyclic) bond motifs is 4. The standard InChI is InChI=1S/C24H41N5.2ClH.Mn/c1-2-7-18-14-19-16-27-23-10-5-3-8-21(23)25-12-13-26-22-9-4-6-11-24(22)28-17-20(15-18)29-19;;;/h14-15,21-28H,2-13,16-17H2,1H3;2*1H;/q;;;+2/p-2/t21?,22?,23-,24?;;;/m1.../s1. The maximum atomic E-state index is 5.04. The van der Waals surface area contributed by atoms with Crippen molar-refractivity contribution in [2.75, 3.05) is 13.1 Å². The summed E-state index contributed by atoms with van der Waals surface area (Å²) in [7, 11) is 9.59. The first-order valence-corrected chi connectivity index (χ1v) is 15.8. The molecule has 2 fully saturated rings. The molecule has 0 spiro atoms. The molecule has 0 saturated heterocycles. The summed E-state index contributed by atoms with van der Waals surface area (Å²) in [5.41, 5.74) is 3.87. The van der Waals surface area contributed by atoms with Crippen LogP contribution in [0.4, 0.5) is 0 Å². The number of hydrogen-bond acceptors (Lipinski definition) is 5. The fourth-order valence-corrected chi connectivity index (χ4v) is 5.56. The van der Waals surface area contributed by atoms with Crippen LogP contribution in [0.1, 0.15) is 81.7 Å². The summed E-state index contributed by atoms with van der Waals surface area (Å²) in [6, 6.07) is 6.97. The van der Waals surface area contributed by atoms with Crippen LogP contribution in [-0.4, -0.2) is 42.2 Å². The van der Waals surface area contributed by atoms with E-state index in [0.29, 0.717) is 24.2 Å². The van der Waals surface area contributed by atoms with Crippen molar-refractivity contribution in [3.05, 3.63) is 29.1 Å². The Balaban J connectivity index is 0.000000913. The van der Waals surface area contributed by atoms with Crippen LogP contribution >= 0.6 is 20.2 Å². The molecule has 1 aliphatic heterocycles. The molecule has 1 aromatic rings. The average molecular weight is 525 g/mol.